The second kappa shape index (κ2) is 8.36. The first-order valence-electron chi connectivity index (χ1n) is 8.94. The first-order chi connectivity index (χ1) is 13.8. The van der Waals surface area contributed by atoms with Crippen LogP contribution in [0.2, 0.25) is 0 Å². The Labute approximate surface area is 166 Å². The van der Waals surface area contributed by atoms with Gasteiger partial charge >= 0.3 is 5.69 Å². The van der Waals surface area contributed by atoms with Gasteiger partial charge in [-0.2, -0.15) is 13.9 Å². The second-order valence-electron chi connectivity index (χ2n) is 6.76. The molecule has 3 aromatic rings. The Morgan fingerprint density at radius 1 is 1.21 bits per heavy atom. The van der Waals surface area contributed by atoms with Gasteiger partial charge in [-0.05, 0) is 36.2 Å². The number of aromatic nitrogens is 4. The molecule has 9 heteroatoms. The van der Waals surface area contributed by atoms with Crippen molar-refractivity contribution in [3.63, 3.8) is 0 Å². The molecule has 7 nitrogen and oxygen atoms in total. The molecule has 0 radical (unpaired) electrons. The molecule has 0 aliphatic heterocycles. The average Bonchev–Trinajstić information content (AvgIpc) is 3.06. The van der Waals surface area contributed by atoms with E-state index in [9.17, 15) is 13.6 Å². The van der Waals surface area contributed by atoms with Crippen LogP contribution < -0.4 is 16.3 Å². The molecule has 2 heterocycles. The number of benzene rings is 1. The van der Waals surface area contributed by atoms with Crippen molar-refractivity contribution in [1.82, 2.24) is 19.3 Å². The van der Waals surface area contributed by atoms with E-state index in [1.54, 1.807) is 12.3 Å². The van der Waals surface area contributed by atoms with Crippen LogP contribution in [0.3, 0.4) is 0 Å². The van der Waals surface area contributed by atoms with Crippen molar-refractivity contribution in [2.75, 3.05) is 25.5 Å². The highest BCUT2D eigenvalue weighted by Gasteiger charge is 2.14. The minimum atomic E-state index is -1.89. The van der Waals surface area contributed by atoms with E-state index in [2.05, 4.69) is 10.1 Å². The van der Waals surface area contributed by atoms with Gasteiger partial charge in [0, 0.05) is 38.0 Å². The van der Waals surface area contributed by atoms with Crippen LogP contribution in [0.1, 0.15) is 5.56 Å². The Kier molecular flexibility index (Phi) is 5.88. The lowest BCUT2D eigenvalue weighted by atomic mass is 10.0. The number of nitrogens with two attached hydrogens (primary N) is 1. The van der Waals surface area contributed by atoms with E-state index in [4.69, 9.17) is 5.73 Å². The first kappa shape index (κ1) is 20.4. The Hall–Kier alpha value is -3.33. The molecule has 0 spiro atoms. The Morgan fingerprint density at radius 2 is 1.97 bits per heavy atom. The summed E-state index contributed by atoms with van der Waals surface area (Å²) in [6, 6.07) is 9.42. The SMILES string of the molecule is Cc1c(-c2ccc(N(C)C)nc2)cccc1-n1cnn(CC(CN)=C(F)F)c1=O. The lowest BCUT2D eigenvalue weighted by Crippen LogP contribution is -2.26. The summed E-state index contributed by atoms with van der Waals surface area (Å²) in [5, 5.41) is 3.96. The number of nitrogens with zero attached hydrogens (tertiary/aromatic N) is 5. The standard InChI is InChI=1S/C20H22F2N6O/c1-13-16(14-7-8-18(24-10-14)26(2)3)5-4-6-17(13)27-12-25-28(20(27)29)11-15(9-23)19(21)22/h4-8,10,12H,9,11,23H2,1-3H3. The van der Waals surface area contributed by atoms with Gasteiger partial charge in [0.2, 0.25) is 0 Å². The van der Waals surface area contributed by atoms with E-state index in [0.29, 0.717) is 5.69 Å². The molecule has 0 aliphatic rings. The van der Waals surface area contributed by atoms with Crippen molar-refractivity contribution in [3.8, 4) is 16.8 Å². The molecule has 2 aromatic heterocycles. The number of rotatable bonds is 6. The highest BCUT2D eigenvalue weighted by Crippen LogP contribution is 2.27. The fraction of sp³-hybridized carbons (Fsp3) is 0.250. The quantitative estimate of drug-likeness (QED) is 0.688. The zero-order chi connectivity index (χ0) is 21.1. The first-order valence-corrected chi connectivity index (χ1v) is 8.94. The van der Waals surface area contributed by atoms with E-state index in [1.165, 1.54) is 10.9 Å². The Morgan fingerprint density at radius 3 is 2.55 bits per heavy atom. The number of halogens is 2. The molecular formula is C20H22F2N6O. The fourth-order valence-corrected chi connectivity index (χ4v) is 3.00. The lowest BCUT2D eigenvalue weighted by Gasteiger charge is -2.14. The molecule has 29 heavy (non-hydrogen) atoms. The zero-order valence-electron chi connectivity index (χ0n) is 16.4. The number of pyridine rings is 1. The molecule has 0 saturated heterocycles. The summed E-state index contributed by atoms with van der Waals surface area (Å²) >= 11 is 0. The highest BCUT2D eigenvalue weighted by molar-refractivity contribution is 5.71. The maximum atomic E-state index is 12.9. The van der Waals surface area contributed by atoms with Crippen LogP contribution in [0.15, 0.2) is 59.3 Å². The van der Waals surface area contributed by atoms with Crippen molar-refractivity contribution >= 4 is 5.82 Å². The van der Waals surface area contributed by atoms with Crippen LogP contribution in [0.25, 0.3) is 16.8 Å². The number of anilines is 1. The van der Waals surface area contributed by atoms with Crippen LogP contribution >= 0.6 is 0 Å². The van der Waals surface area contributed by atoms with Gasteiger partial charge in [-0.1, -0.05) is 12.1 Å². The van der Waals surface area contributed by atoms with Crippen molar-refractivity contribution in [2.45, 2.75) is 13.5 Å². The molecule has 0 saturated carbocycles. The Bertz CT molecular complexity index is 1090. The fourth-order valence-electron chi connectivity index (χ4n) is 3.00. The van der Waals surface area contributed by atoms with Gasteiger partial charge in [-0.25, -0.2) is 19.0 Å². The van der Waals surface area contributed by atoms with Gasteiger partial charge in [0.1, 0.15) is 12.1 Å². The Balaban J connectivity index is 2.00. The number of hydrogen-bond donors (Lipinski definition) is 1. The number of hydrogen-bond acceptors (Lipinski definition) is 5. The highest BCUT2D eigenvalue weighted by atomic mass is 19.3. The van der Waals surface area contributed by atoms with E-state index >= 15 is 0 Å². The van der Waals surface area contributed by atoms with Crippen LogP contribution in [-0.4, -0.2) is 40.0 Å². The summed E-state index contributed by atoms with van der Waals surface area (Å²) in [6.07, 6.45) is 1.21. The molecule has 0 bridgehead atoms. The third kappa shape index (κ3) is 4.09. The summed E-state index contributed by atoms with van der Waals surface area (Å²) in [4.78, 5) is 19.0. The molecule has 3 rings (SSSR count). The van der Waals surface area contributed by atoms with Crippen molar-refractivity contribution in [2.24, 2.45) is 5.73 Å². The predicted octanol–water partition coefficient (Wildman–Crippen LogP) is 2.58. The van der Waals surface area contributed by atoms with Crippen LogP contribution in [0, 0.1) is 6.92 Å². The second-order valence-corrected chi connectivity index (χ2v) is 6.76. The van der Waals surface area contributed by atoms with E-state index in [-0.39, 0.29) is 18.7 Å². The normalized spacial score (nSPS) is 10.8. The van der Waals surface area contributed by atoms with E-state index < -0.39 is 11.8 Å². The zero-order valence-corrected chi connectivity index (χ0v) is 16.4. The van der Waals surface area contributed by atoms with Gasteiger partial charge in [0.15, 0.2) is 0 Å². The predicted molar refractivity (Wildman–Crippen MR) is 108 cm³/mol. The molecule has 0 unspecified atom stereocenters. The largest absolute Gasteiger partial charge is 0.363 e. The van der Waals surface area contributed by atoms with E-state index in [1.807, 2.05) is 50.2 Å². The van der Waals surface area contributed by atoms with Gasteiger partial charge in [-0.3, -0.25) is 0 Å². The topological polar surface area (TPSA) is 82.0 Å². The molecule has 2 N–H and O–H groups in total. The summed E-state index contributed by atoms with van der Waals surface area (Å²) in [5.74, 6) is 0.837. The molecule has 1 aromatic carbocycles. The maximum absolute atomic E-state index is 12.9. The summed E-state index contributed by atoms with van der Waals surface area (Å²) in [7, 11) is 3.83. The molecule has 0 aliphatic carbocycles. The average molecular weight is 400 g/mol. The lowest BCUT2D eigenvalue weighted by molar-refractivity contribution is 0.400. The van der Waals surface area contributed by atoms with E-state index in [0.717, 1.165) is 27.2 Å². The van der Waals surface area contributed by atoms with Gasteiger partial charge in [0.25, 0.3) is 6.08 Å². The molecule has 0 amide bonds. The van der Waals surface area contributed by atoms with Crippen LogP contribution in [0.5, 0.6) is 0 Å². The molecule has 152 valence electrons. The monoisotopic (exact) mass is 400 g/mol. The van der Waals surface area contributed by atoms with Gasteiger partial charge in [-0.15, -0.1) is 0 Å². The molecule has 0 fully saturated rings. The third-order valence-corrected chi connectivity index (χ3v) is 4.67. The molecular weight excluding hydrogens is 378 g/mol. The summed E-state index contributed by atoms with van der Waals surface area (Å²) < 4.78 is 28.1. The van der Waals surface area contributed by atoms with Gasteiger partial charge in [0.05, 0.1) is 12.2 Å². The van der Waals surface area contributed by atoms with Crippen molar-refractivity contribution in [3.05, 3.63) is 70.6 Å². The summed E-state index contributed by atoms with van der Waals surface area (Å²) in [6.45, 7) is 1.20. The summed E-state index contributed by atoms with van der Waals surface area (Å²) in [5.41, 5.74) is 7.78. The molecule has 0 atom stereocenters. The minimum Gasteiger partial charge on any atom is -0.363 e. The van der Waals surface area contributed by atoms with Crippen molar-refractivity contribution in [1.29, 1.82) is 0 Å². The van der Waals surface area contributed by atoms with Gasteiger partial charge < -0.3 is 10.6 Å². The van der Waals surface area contributed by atoms with Crippen LogP contribution in [-0.2, 0) is 6.54 Å². The minimum absolute atomic E-state index is 0.324. The maximum Gasteiger partial charge on any atom is 0.350 e. The smallest absolute Gasteiger partial charge is 0.350 e. The third-order valence-electron chi connectivity index (χ3n) is 4.67. The van der Waals surface area contributed by atoms with Crippen molar-refractivity contribution < 1.29 is 8.78 Å². The van der Waals surface area contributed by atoms with Crippen LogP contribution in [0.4, 0.5) is 14.6 Å².